The predicted molar refractivity (Wildman–Crippen MR) is 70.1 cm³/mol. The van der Waals surface area contributed by atoms with Crippen LogP contribution in [0.1, 0.15) is 13.8 Å². The Labute approximate surface area is 115 Å². The van der Waals surface area contributed by atoms with Crippen LogP contribution >= 0.6 is 0 Å². The minimum atomic E-state index is -0.461. The Hall–Kier alpha value is -2.76. The van der Waals surface area contributed by atoms with Crippen LogP contribution in [0.3, 0.4) is 0 Å². The highest BCUT2D eigenvalue weighted by atomic mass is 16.5. The van der Waals surface area contributed by atoms with Gasteiger partial charge in [0.25, 0.3) is 0 Å². The number of ether oxygens (including phenoxy) is 2. The van der Waals surface area contributed by atoms with Crippen LogP contribution in [0.25, 0.3) is 11.3 Å². The number of rotatable bonds is 3. The minimum Gasteiger partial charge on any atom is -0.426 e. The molecule has 0 aromatic carbocycles. The van der Waals surface area contributed by atoms with Crippen LogP contribution in [0, 0.1) is 0 Å². The summed E-state index contributed by atoms with van der Waals surface area (Å²) in [6.07, 6.45) is 4.54. The molecule has 0 bridgehead atoms. The molecule has 0 aliphatic rings. The van der Waals surface area contributed by atoms with E-state index in [-0.39, 0.29) is 5.75 Å². The molecule has 0 aliphatic heterocycles. The van der Waals surface area contributed by atoms with Crippen molar-refractivity contribution in [2.24, 2.45) is 0 Å². The molecule has 0 saturated carbocycles. The molecule has 20 heavy (non-hydrogen) atoms. The van der Waals surface area contributed by atoms with Crippen molar-refractivity contribution in [1.29, 1.82) is 0 Å². The first-order chi connectivity index (χ1) is 9.58. The largest absolute Gasteiger partial charge is 0.426 e. The van der Waals surface area contributed by atoms with Crippen LogP contribution in [0.15, 0.2) is 36.8 Å². The van der Waals surface area contributed by atoms with Crippen LogP contribution in [0.4, 0.5) is 0 Å². The maximum absolute atomic E-state index is 11.1. The van der Waals surface area contributed by atoms with Gasteiger partial charge in [0, 0.05) is 32.4 Å². The summed E-state index contributed by atoms with van der Waals surface area (Å²) in [5, 5.41) is 0. The molecule has 0 aliphatic carbocycles. The van der Waals surface area contributed by atoms with Gasteiger partial charge in [-0.25, -0.2) is 0 Å². The van der Waals surface area contributed by atoms with Crippen LogP contribution in [0.2, 0.25) is 0 Å². The first-order valence-corrected chi connectivity index (χ1v) is 5.84. The lowest BCUT2D eigenvalue weighted by atomic mass is 10.1. The Morgan fingerprint density at radius 3 is 2.40 bits per heavy atom. The van der Waals surface area contributed by atoms with E-state index in [1.807, 2.05) is 0 Å². The molecular formula is C14H12N2O4. The summed E-state index contributed by atoms with van der Waals surface area (Å²) in [6, 6.07) is 4.79. The smallest absolute Gasteiger partial charge is 0.308 e. The summed E-state index contributed by atoms with van der Waals surface area (Å²) in [5.41, 5.74) is 0.853. The highest BCUT2D eigenvalue weighted by molar-refractivity contribution is 5.79. The van der Waals surface area contributed by atoms with E-state index in [1.54, 1.807) is 24.4 Å². The predicted octanol–water partition coefficient (Wildman–Crippen LogP) is 1.99. The summed E-state index contributed by atoms with van der Waals surface area (Å²) in [6.45, 7) is 2.60. The van der Waals surface area contributed by atoms with E-state index in [0.717, 1.165) is 0 Å². The standard InChI is InChI=1S/C14H12N2O4/c1-9(17)19-12-5-7-15-8-11(12)14-13(20-10(2)18)4-3-6-16-14/h3-8H,1-2H3. The lowest BCUT2D eigenvalue weighted by Gasteiger charge is -2.10. The first kappa shape index (κ1) is 13.7. The molecule has 6 nitrogen and oxygen atoms in total. The topological polar surface area (TPSA) is 78.4 Å². The molecule has 0 atom stereocenters. The van der Waals surface area contributed by atoms with Crippen LogP contribution in [0.5, 0.6) is 11.5 Å². The molecule has 0 spiro atoms. The number of hydrogen-bond acceptors (Lipinski definition) is 6. The van der Waals surface area contributed by atoms with Gasteiger partial charge in [-0.15, -0.1) is 0 Å². The van der Waals surface area contributed by atoms with Gasteiger partial charge in [-0.1, -0.05) is 0 Å². The third-order valence-corrected chi connectivity index (χ3v) is 2.31. The second kappa shape index (κ2) is 5.92. The molecule has 2 rings (SSSR count). The van der Waals surface area contributed by atoms with Gasteiger partial charge >= 0.3 is 11.9 Å². The Balaban J connectivity index is 2.51. The van der Waals surface area contributed by atoms with Crippen molar-refractivity contribution < 1.29 is 19.1 Å². The number of carbonyl (C=O) groups is 2. The molecule has 102 valence electrons. The van der Waals surface area contributed by atoms with Gasteiger partial charge in [-0.3, -0.25) is 19.6 Å². The van der Waals surface area contributed by atoms with Crippen LogP contribution < -0.4 is 9.47 Å². The van der Waals surface area contributed by atoms with Crippen molar-refractivity contribution in [2.45, 2.75) is 13.8 Å². The Bertz CT molecular complexity index is 598. The summed E-state index contributed by atoms with van der Waals surface area (Å²) in [7, 11) is 0. The van der Waals surface area contributed by atoms with E-state index in [0.29, 0.717) is 17.0 Å². The van der Waals surface area contributed by atoms with Crippen LogP contribution in [-0.2, 0) is 9.59 Å². The zero-order chi connectivity index (χ0) is 14.5. The fraction of sp³-hybridized carbons (Fsp3) is 0.143. The number of carbonyl (C=O) groups excluding carboxylic acids is 2. The van der Waals surface area contributed by atoms with Gasteiger partial charge in [0.05, 0.1) is 5.56 Å². The van der Waals surface area contributed by atoms with Gasteiger partial charge in [-0.05, 0) is 18.2 Å². The fourth-order valence-electron chi connectivity index (χ4n) is 1.63. The zero-order valence-electron chi connectivity index (χ0n) is 11.0. The lowest BCUT2D eigenvalue weighted by molar-refractivity contribution is -0.132. The minimum absolute atomic E-state index is 0.279. The van der Waals surface area contributed by atoms with Gasteiger partial charge in [-0.2, -0.15) is 0 Å². The third kappa shape index (κ3) is 3.17. The zero-order valence-corrected chi connectivity index (χ0v) is 11.0. The van der Waals surface area contributed by atoms with E-state index in [2.05, 4.69) is 9.97 Å². The van der Waals surface area contributed by atoms with E-state index in [9.17, 15) is 9.59 Å². The van der Waals surface area contributed by atoms with Gasteiger partial charge < -0.3 is 9.47 Å². The number of esters is 2. The first-order valence-electron chi connectivity index (χ1n) is 5.84. The van der Waals surface area contributed by atoms with Gasteiger partial charge in [0.1, 0.15) is 11.4 Å². The second-order valence-corrected chi connectivity index (χ2v) is 3.91. The Morgan fingerprint density at radius 1 is 1.00 bits per heavy atom. The molecule has 0 amide bonds. The molecule has 6 heteroatoms. The fourth-order valence-corrected chi connectivity index (χ4v) is 1.63. The highest BCUT2D eigenvalue weighted by Gasteiger charge is 2.15. The van der Waals surface area contributed by atoms with Gasteiger partial charge in [0.15, 0.2) is 5.75 Å². The van der Waals surface area contributed by atoms with Crippen molar-refractivity contribution in [3.63, 3.8) is 0 Å². The maximum Gasteiger partial charge on any atom is 0.308 e. The number of pyridine rings is 2. The molecule has 0 radical (unpaired) electrons. The highest BCUT2D eigenvalue weighted by Crippen LogP contribution is 2.33. The molecule has 0 N–H and O–H groups in total. The second-order valence-electron chi connectivity index (χ2n) is 3.91. The normalized spacial score (nSPS) is 9.90. The summed E-state index contributed by atoms with van der Waals surface area (Å²) < 4.78 is 10.2. The SMILES string of the molecule is CC(=O)Oc1ccncc1-c1ncccc1OC(C)=O. The maximum atomic E-state index is 11.1. The summed E-state index contributed by atoms with van der Waals surface area (Å²) >= 11 is 0. The average molecular weight is 272 g/mol. The quantitative estimate of drug-likeness (QED) is 0.795. The lowest BCUT2D eigenvalue weighted by Crippen LogP contribution is -2.06. The molecular weight excluding hydrogens is 260 g/mol. The average Bonchev–Trinajstić information content (AvgIpc) is 2.39. The molecule has 0 unspecified atom stereocenters. The van der Waals surface area contributed by atoms with Crippen molar-refractivity contribution >= 4 is 11.9 Å². The van der Waals surface area contributed by atoms with Crippen LogP contribution in [-0.4, -0.2) is 21.9 Å². The number of nitrogens with zero attached hydrogens (tertiary/aromatic N) is 2. The van der Waals surface area contributed by atoms with Gasteiger partial charge in [0.2, 0.25) is 0 Å². The molecule has 2 aromatic heterocycles. The number of hydrogen-bond donors (Lipinski definition) is 0. The van der Waals surface area contributed by atoms with E-state index >= 15 is 0 Å². The van der Waals surface area contributed by atoms with Crippen molar-refractivity contribution in [2.75, 3.05) is 0 Å². The van der Waals surface area contributed by atoms with Crippen molar-refractivity contribution in [3.05, 3.63) is 36.8 Å². The number of aromatic nitrogens is 2. The van der Waals surface area contributed by atoms with E-state index < -0.39 is 11.9 Å². The van der Waals surface area contributed by atoms with Crippen molar-refractivity contribution in [1.82, 2.24) is 9.97 Å². The third-order valence-electron chi connectivity index (χ3n) is 2.31. The summed E-state index contributed by atoms with van der Waals surface area (Å²) in [5.74, 6) is -0.333. The summed E-state index contributed by atoms with van der Waals surface area (Å²) in [4.78, 5) is 30.4. The Kier molecular flexibility index (Phi) is 4.05. The van der Waals surface area contributed by atoms with E-state index in [1.165, 1.54) is 26.2 Å². The van der Waals surface area contributed by atoms with E-state index in [4.69, 9.17) is 9.47 Å². The Morgan fingerprint density at radius 2 is 1.70 bits per heavy atom. The molecule has 2 heterocycles. The molecule has 2 aromatic rings. The molecule has 0 saturated heterocycles. The monoisotopic (exact) mass is 272 g/mol. The van der Waals surface area contributed by atoms with Crippen molar-refractivity contribution in [3.8, 4) is 22.8 Å². The molecule has 0 fully saturated rings.